The van der Waals surface area contributed by atoms with E-state index in [4.69, 9.17) is 0 Å². The predicted octanol–water partition coefficient (Wildman–Crippen LogP) is 7.53. The van der Waals surface area contributed by atoms with Crippen LogP contribution in [0.1, 0.15) is 162 Å². The first-order chi connectivity index (χ1) is 19.1. The zero-order chi connectivity index (χ0) is 28.7. The number of carbonyl (C=O) groups is 2. The maximum atomic E-state index is 12.3. The van der Waals surface area contributed by atoms with Gasteiger partial charge < -0.3 is 20.6 Å². The van der Waals surface area contributed by atoms with Crippen LogP contribution in [0.5, 0.6) is 0 Å². The molecule has 39 heavy (non-hydrogen) atoms. The molecule has 0 saturated carbocycles. The molecule has 0 fully saturated rings. The summed E-state index contributed by atoms with van der Waals surface area (Å²) < 4.78 is 0. The molecule has 0 saturated heterocycles. The Bertz CT molecular complexity index is 488. The SMILES string of the molecule is CCCCCCCCCCCCNC(=O)CCN(CCCO)CCC(=O)NCCCCCCCCCCCC. The van der Waals surface area contributed by atoms with Crippen molar-refractivity contribution in [2.75, 3.05) is 39.3 Å². The van der Waals surface area contributed by atoms with Gasteiger partial charge in [0.1, 0.15) is 0 Å². The van der Waals surface area contributed by atoms with Gasteiger partial charge in [-0.05, 0) is 19.3 Å². The van der Waals surface area contributed by atoms with Crippen LogP contribution < -0.4 is 10.6 Å². The minimum atomic E-state index is 0.0883. The van der Waals surface area contributed by atoms with Crippen LogP contribution in [-0.2, 0) is 9.59 Å². The van der Waals surface area contributed by atoms with E-state index in [0.717, 1.165) is 25.9 Å². The first-order valence-corrected chi connectivity index (χ1v) is 17.0. The molecule has 0 spiro atoms. The Hall–Kier alpha value is -1.14. The first kappa shape index (κ1) is 37.9. The van der Waals surface area contributed by atoms with E-state index in [9.17, 15) is 14.7 Å². The molecular formula is C33H67N3O3. The van der Waals surface area contributed by atoms with Crippen LogP contribution in [0.2, 0.25) is 0 Å². The number of nitrogens with zero attached hydrogens (tertiary/aromatic N) is 1. The van der Waals surface area contributed by atoms with Crippen LogP contribution in [-0.4, -0.2) is 61.2 Å². The van der Waals surface area contributed by atoms with Crippen LogP contribution in [0, 0.1) is 0 Å². The monoisotopic (exact) mass is 554 g/mol. The van der Waals surface area contributed by atoms with Gasteiger partial charge in [-0.1, -0.05) is 129 Å². The molecule has 0 aromatic heterocycles. The van der Waals surface area contributed by atoms with E-state index in [0.29, 0.717) is 38.9 Å². The number of hydrogen-bond acceptors (Lipinski definition) is 4. The van der Waals surface area contributed by atoms with Gasteiger partial charge in [0.05, 0.1) is 0 Å². The normalized spacial score (nSPS) is 11.3. The lowest BCUT2D eigenvalue weighted by atomic mass is 10.1. The molecule has 232 valence electrons. The van der Waals surface area contributed by atoms with Crippen molar-refractivity contribution in [3.8, 4) is 0 Å². The number of amides is 2. The number of aliphatic hydroxyl groups excluding tert-OH is 1. The second-order valence-corrected chi connectivity index (χ2v) is 11.5. The van der Waals surface area contributed by atoms with E-state index in [2.05, 4.69) is 29.4 Å². The van der Waals surface area contributed by atoms with Crippen LogP contribution in [0.4, 0.5) is 0 Å². The summed E-state index contributed by atoms with van der Waals surface area (Å²) in [5, 5.41) is 15.3. The van der Waals surface area contributed by atoms with E-state index in [1.807, 2.05) is 0 Å². The van der Waals surface area contributed by atoms with Crippen molar-refractivity contribution < 1.29 is 14.7 Å². The van der Waals surface area contributed by atoms with Crippen LogP contribution in [0.3, 0.4) is 0 Å². The molecule has 0 unspecified atom stereocenters. The van der Waals surface area contributed by atoms with Crippen molar-refractivity contribution in [2.24, 2.45) is 0 Å². The Morgan fingerprint density at radius 1 is 0.487 bits per heavy atom. The average Bonchev–Trinajstić information content (AvgIpc) is 2.94. The maximum absolute atomic E-state index is 12.3. The average molecular weight is 554 g/mol. The van der Waals surface area contributed by atoms with E-state index in [1.54, 1.807) is 0 Å². The fraction of sp³-hybridized carbons (Fsp3) is 0.939. The summed E-state index contributed by atoms with van der Waals surface area (Å²) in [5.74, 6) is 0.177. The van der Waals surface area contributed by atoms with Gasteiger partial charge in [0, 0.05) is 52.2 Å². The molecule has 0 radical (unpaired) electrons. The van der Waals surface area contributed by atoms with Crippen LogP contribution in [0.15, 0.2) is 0 Å². The standard InChI is InChI=1S/C33H67N3O3/c1-3-5-7-9-11-13-15-17-19-21-26-34-32(38)24-29-36(28-23-31-37)30-25-33(39)35-27-22-20-18-16-14-12-10-8-6-4-2/h37H,3-31H2,1-2H3,(H,34,38)(H,35,39). The Balaban J connectivity index is 3.76. The summed E-state index contributed by atoms with van der Waals surface area (Å²) in [7, 11) is 0. The zero-order valence-corrected chi connectivity index (χ0v) is 26.2. The van der Waals surface area contributed by atoms with E-state index >= 15 is 0 Å². The number of nitrogens with one attached hydrogen (secondary N) is 2. The molecule has 0 aromatic rings. The highest BCUT2D eigenvalue weighted by Gasteiger charge is 2.10. The molecule has 2 amide bonds. The summed E-state index contributed by atoms with van der Waals surface area (Å²) >= 11 is 0. The molecule has 6 heteroatoms. The number of carbonyl (C=O) groups excluding carboxylic acids is 2. The summed E-state index contributed by atoms with van der Waals surface area (Å²) in [6.45, 7) is 8.15. The van der Waals surface area contributed by atoms with E-state index < -0.39 is 0 Å². The molecule has 0 aliphatic heterocycles. The van der Waals surface area contributed by atoms with Gasteiger partial charge in [-0.3, -0.25) is 9.59 Å². The van der Waals surface area contributed by atoms with Crippen molar-refractivity contribution in [3.63, 3.8) is 0 Å². The molecular weight excluding hydrogens is 486 g/mol. The summed E-state index contributed by atoms with van der Waals surface area (Å²) in [4.78, 5) is 26.7. The minimum absolute atomic E-state index is 0.0883. The number of aliphatic hydroxyl groups is 1. The lowest BCUT2D eigenvalue weighted by Gasteiger charge is -2.21. The fourth-order valence-corrected chi connectivity index (χ4v) is 5.01. The van der Waals surface area contributed by atoms with Crippen molar-refractivity contribution in [1.29, 1.82) is 0 Å². The topological polar surface area (TPSA) is 81.7 Å². The fourth-order valence-electron chi connectivity index (χ4n) is 5.01. The van der Waals surface area contributed by atoms with Gasteiger partial charge in [0.25, 0.3) is 0 Å². The number of unbranched alkanes of at least 4 members (excludes halogenated alkanes) is 18. The van der Waals surface area contributed by atoms with Crippen molar-refractivity contribution in [2.45, 2.75) is 162 Å². The lowest BCUT2D eigenvalue weighted by molar-refractivity contribution is -0.121. The highest BCUT2D eigenvalue weighted by atomic mass is 16.3. The maximum Gasteiger partial charge on any atom is 0.221 e. The van der Waals surface area contributed by atoms with Gasteiger partial charge in [-0.2, -0.15) is 0 Å². The zero-order valence-electron chi connectivity index (χ0n) is 26.2. The van der Waals surface area contributed by atoms with E-state index in [1.165, 1.54) is 116 Å². The van der Waals surface area contributed by atoms with Crippen molar-refractivity contribution in [1.82, 2.24) is 15.5 Å². The van der Waals surface area contributed by atoms with Crippen LogP contribution in [0.25, 0.3) is 0 Å². The van der Waals surface area contributed by atoms with Crippen molar-refractivity contribution in [3.05, 3.63) is 0 Å². The Morgan fingerprint density at radius 3 is 1.15 bits per heavy atom. The highest BCUT2D eigenvalue weighted by Crippen LogP contribution is 2.11. The molecule has 3 N–H and O–H groups in total. The van der Waals surface area contributed by atoms with Crippen molar-refractivity contribution >= 4 is 11.8 Å². The molecule has 0 aromatic carbocycles. The molecule has 0 atom stereocenters. The second kappa shape index (κ2) is 31.4. The van der Waals surface area contributed by atoms with Gasteiger partial charge in [-0.15, -0.1) is 0 Å². The summed E-state index contributed by atoms with van der Waals surface area (Å²) in [6, 6.07) is 0. The molecule has 6 nitrogen and oxygen atoms in total. The smallest absolute Gasteiger partial charge is 0.221 e. The minimum Gasteiger partial charge on any atom is -0.396 e. The molecule has 0 aliphatic rings. The molecule has 0 bridgehead atoms. The quantitative estimate of drug-likeness (QED) is 0.0775. The Morgan fingerprint density at radius 2 is 0.821 bits per heavy atom. The highest BCUT2D eigenvalue weighted by molar-refractivity contribution is 5.76. The lowest BCUT2D eigenvalue weighted by Crippen LogP contribution is -2.35. The first-order valence-electron chi connectivity index (χ1n) is 17.0. The second-order valence-electron chi connectivity index (χ2n) is 11.5. The van der Waals surface area contributed by atoms with Gasteiger partial charge in [-0.25, -0.2) is 0 Å². The molecule has 0 aliphatic carbocycles. The molecule has 0 rings (SSSR count). The van der Waals surface area contributed by atoms with E-state index in [-0.39, 0.29) is 18.4 Å². The predicted molar refractivity (Wildman–Crippen MR) is 167 cm³/mol. The Kier molecular flexibility index (Phi) is 30.5. The number of hydrogen-bond donors (Lipinski definition) is 3. The summed E-state index contributed by atoms with van der Waals surface area (Å²) in [5.41, 5.74) is 0. The third kappa shape index (κ3) is 29.7. The molecule has 0 heterocycles. The third-order valence-corrected chi connectivity index (χ3v) is 7.65. The van der Waals surface area contributed by atoms with Gasteiger partial charge in [0.15, 0.2) is 0 Å². The summed E-state index contributed by atoms with van der Waals surface area (Å²) in [6.07, 6.45) is 27.5. The largest absolute Gasteiger partial charge is 0.396 e. The van der Waals surface area contributed by atoms with Gasteiger partial charge >= 0.3 is 0 Å². The number of rotatable bonds is 31. The third-order valence-electron chi connectivity index (χ3n) is 7.65. The Labute approximate surface area is 242 Å². The van der Waals surface area contributed by atoms with Crippen LogP contribution >= 0.6 is 0 Å². The van der Waals surface area contributed by atoms with Gasteiger partial charge in [0.2, 0.25) is 11.8 Å².